The summed E-state index contributed by atoms with van der Waals surface area (Å²) in [5, 5.41) is 7.97. The number of morpholine rings is 1. The minimum atomic E-state index is -0.411. The molecule has 5 rings (SSSR count). The van der Waals surface area contributed by atoms with Gasteiger partial charge in [0.05, 0.1) is 32.1 Å². The Kier molecular flexibility index (Phi) is 4.87. The zero-order valence-corrected chi connectivity index (χ0v) is 17.3. The first-order chi connectivity index (χ1) is 15.2. The van der Waals surface area contributed by atoms with Gasteiger partial charge >= 0.3 is 5.97 Å². The number of ether oxygens (including phenoxy) is 2. The second-order valence-electron chi connectivity index (χ2n) is 7.45. The van der Waals surface area contributed by atoms with Crippen LogP contribution in [0, 0.1) is 0 Å². The van der Waals surface area contributed by atoms with Crippen molar-refractivity contribution in [1.82, 2.24) is 25.1 Å². The van der Waals surface area contributed by atoms with Crippen LogP contribution >= 0.6 is 0 Å². The number of rotatable bonds is 4. The molecular weight excluding hydrogens is 396 g/mol. The lowest BCUT2D eigenvalue weighted by Gasteiger charge is -2.34. The summed E-state index contributed by atoms with van der Waals surface area (Å²) in [4.78, 5) is 27.0. The van der Waals surface area contributed by atoms with Gasteiger partial charge in [-0.05, 0) is 37.3 Å². The van der Waals surface area contributed by atoms with E-state index in [1.807, 2.05) is 24.3 Å². The van der Waals surface area contributed by atoms with Crippen molar-refractivity contribution in [2.75, 3.05) is 31.8 Å². The predicted molar refractivity (Wildman–Crippen MR) is 116 cm³/mol. The van der Waals surface area contributed by atoms with Crippen LogP contribution in [0.4, 0.5) is 5.82 Å². The molecule has 1 aliphatic heterocycles. The minimum Gasteiger partial charge on any atom is -0.464 e. The third-order valence-corrected chi connectivity index (χ3v) is 5.51. The van der Waals surface area contributed by atoms with Crippen molar-refractivity contribution < 1.29 is 14.3 Å². The molecule has 9 heteroatoms. The Morgan fingerprint density at radius 3 is 2.90 bits per heavy atom. The van der Waals surface area contributed by atoms with Crippen LogP contribution in [0.2, 0.25) is 0 Å². The standard InChI is InChI=1S/C22H22N6O3/c1-13-12-31-10-9-28(13)19-11-15(16-3-4-18(25-16)22(29)30-2)14-5-7-23-21(20(14)26-19)17-6-8-24-27-17/h3-8,11,13,25H,9-10,12H2,1-2H3,(H,24,27). The van der Waals surface area contributed by atoms with Crippen molar-refractivity contribution in [3.8, 4) is 22.6 Å². The number of esters is 1. The van der Waals surface area contributed by atoms with Gasteiger partial charge < -0.3 is 19.4 Å². The van der Waals surface area contributed by atoms with E-state index in [2.05, 4.69) is 32.0 Å². The number of anilines is 1. The van der Waals surface area contributed by atoms with E-state index in [-0.39, 0.29) is 6.04 Å². The Bertz CT molecular complexity index is 1230. The van der Waals surface area contributed by atoms with E-state index >= 15 is 0 Å². The van der Waals surface area contributed by atoms with E-state index in [9.17, 15) is 4.79 Å². The van der Waals surface area contributed by atoms with Gasteiger partial charge in [-0.15, -0.1) is 0 Å². The highest BCUT2D eigenvalue weighted by Gasteiger charge is 2.23. The number of methoxy groups -OCH3 is 1. The average molecular weight is 418 g/mol. The molecule has 0 bridgehead atoms. The average Bonchev–Trinajstić information content (AvgIpc) is 3.50. The summed E-state index contributed by atoms with van der Waals surface area (Å²) in [5.41, 5.74) is 4.39. The lowest BCUT2D eigenvalue weighted by Crippen LogP contribution is -2.44. The van der Waals surface area contributed by atoms with Crippen LogP contribution < -0.4 is 4.90 Å². The summed E-state index contributed by atoms with van der Waals surface area (Å²) in [6.45, 7) is 4.16. The zero-order valence-electron chi connectivity index (χ0n) is 17.3. The molecule has 4 aromatic rings. The lowest BCUT2D eigenvalue weighted by atomic mass is 10.0. The summed E-state index contributed by atoms with van der Waals surface area (Å²) in [6.07, 6.45) is 3.45. The number of carbonyl (C=O) groups is 1. The van der Waals surface area contributed by atoms with Gasteiger partial charge in [-0.1, -0.05) is 0 Å². The fourth-order valence-electron chi connectivity index (χ4n) is 3.94. The number of H-pyrrole nitrogens is 2. The molecule has 0 saturated carbocycles. The molecule has 0 aliphatic carbocycles. The quantitative estimate of drug-likeness (QED) is 0.490. The van der Waals surface area contributed by atoms with Crippen molar-refractivity contribution in [1.29, 1.82) is 0 Å². The molecule has 5 heterocycles. The van der Waals surface area contributed by atoms with Crippen molar-refractivity contribution in [3.63, 3.8) is 0 Å². The van der Waals surface area contributed by atoms with Gasteiger partial charge in [0, 0.05) is 35.6 Å². The third kappa shape index (κ3) is 3.42. The van der Waals surface area contributed by atoms with E-state index < -0.39 is 5.97 Å². The maximum absolute atomic E-state index is 12.0. The van der Waals surface area contributed by atoms with Gasteiger partial charge in [0.25, 0.3) is 0 Å². The van der Waals surface area contributed by atoms with Crippen molar-refractivity contribution in [3.05, 3.63) is 48.4 Å². The number of carbonyl (C=O) groups excluding carboxylic acids is 1. The van der Waals surface area contributed by atoms with Gasteiger partial charge in [-0.25, -0.2) is 9.78 Å². The molecule has 9 nitrogen and oxygen atoms in total. The van der Waals surface area contributed by atoms with E-state index in [1.165, 1.54) is 7.11 Å². The first-order valence-electron chi connectivity index (χ1n) is 10.1. The van der Waals surface area contributed by atoms with E-state index in [1.54, 1.807) is 18.5 Å². The lowest BCUT2D eigenvalue weighted by molar-refractivity contribution is 0.0595. The van der Waals surface area contributed by atoms with Crippen molar-refractivity contribution in [2.45, 2.75) is 13.0 Å². The summed E-state index contributed by atoms with van der Waals surface area (Å²) < 4.78 is 10.5. The number of aromatic amines is 2. The molecule has 4 aromatic heterocycles. The number of hydrogen-bond donors (Lipinski definition) is 2. The molecule has 0 spiro atoms. The van der Waals surface area contributed by atoms with Crippen LogP contribution in [0.15, 0.2) is 42.7 Å². The molecule has 158 valence electrons. The van der Waals surface area contributed by atoms with Crippen LogP contribution in [0.25, 0.3) is 33.5 Å². The molecule has 0 radical (unpaired) electrons. The fourth-order valence-corrected chi connectivity index (χ4v) is 3.94. The normalized spacial score (nSPS) is 16.6. The molecule has 1 atom stereocenters. The number of pyridine rings is 2. The maximum atomic E-state index is 12.0. The molecular formula is C22H22N6O3. The SMILES string of the molecule is COC(=O)c1ccc(-c2cc(N3CCOCC3C)nc3c(-c4ccn[nH]4)nccc23)[nH]1. The van der Waals surface area contributed by atoms with Crippen LogP contribution in [0.5, 0.6) is 0 Å². The molecule has 0 aromatic carbocycles. The number of fused-ring (bicyclic) bond motifs is 1. The van der Waals surface area contributed by atoms with Crippen molar-refractivity contribution in [2.24, 2.45) is 0 Å². The highest BCUT2D eigenvalue weighted by atomic mass is 16.5. The third-order valence-electron chi connectivity index (χ3n) is 5.51. The topological polar surface area (TPSA) is 109 Å². The fraction of sp³-hybridized carbons (Fsp3) is 0.273. The molecule has 0 amide bonds. The molecule has 1 saturated heterocycles. The van der Waals surface area contributed by atoms with E-state index in [0.29, 0.717) is 18.9 Å². The Morgan fingerprint density at radius 1 is 1.23 bits per heavy atom. The summed E-state index contributed by atoms with van der Waals surface area (Å²) in [5.74, 6) is 0.424. The Hall–Kier alpha value is -3.72. The smallest absolute Gasteiger partial charge is 0.354 e. The second-order valence-corrected chi connectivity index (χ2v) is 7.45. The first-order valence-corrected chi connectivity index (χ1v) is 10.1. The largest absolute Gasteiger partial charge is 0.464 e. The van der Waals surface area contributed by atoms with E-state index in [4.69, 9.17) is 14.5 Å². The number of hydrogen-bond acceptors (Lipinski definition) is 7. The highest BCUT2D eigenvalue weighted by Crippen LogP contribution is 2.35. The second kappa shape index (κ2) is 7.84. The Balaban J connectivity index is 1.74. The van der Waals surface area contributed by atoms with Gasteiger partial charge in [0.2, 0.25) is 0 Å². The number of nitrogens with one attached hydrogen (secondary N) is 2. The zero-order chi connectivity index (χ0) is 21.4. The van der Waals surface area contributed by atoms with Gasteiger partial charge in [0.15, 0.2) is 0 Å². The molecule has 1 aliphatic rings. The molecule has 31 heavy (non-hydrogen) atoms. The van der Waals surface area contributed by atoms with Gasteiger partial charge in [0.1, 0.15) is 22.7 Å². The van der Waals surface area contributed by atoms with Crippen molar-refractivity contribution >= 4 is 22.7 Å². The summed E-state index contributed by atoms with van der Waals surface area (Å²) in [6, 6.07) is 9.65. The number of nitrogens with zero attached hydrogens (tertiary/aromatic N) is 4. The van der Waals surface area contributed by atoms with Gasteiger partial charge in [-0.3, -0.25) is 10.1 Å². The van der Waals surface area contributed by atoms with Crippen LogP contribution in [-0.2, 0) is 9.47 Å². The highest BCUT2D eigenvalue weighted by molar-refractivity contribution is 6.01. The minimum absolute atomic E-state index is 0.188. The molecule has 1 unspecified atom stereocenters. The van der Waals surface area contributed by atoms with Crippen LogP contribution in [-0.4, -0.2) is 64.0 Å². The van der Waals surface area contributed by atoms with Gasteiger partial charge in [-0.2, -0.15) is 5.10 Å². The summed E-state index contributed by atoms with van der Waals surface area (Å²) in [7, 11) is 1.37. The van der Waals surface area contributed by atoms with Crippen LogP contribution in [0.1, 0.15) is 17.4 Å². The molecule has 1 fully saturated rings. The number of aromatic nitrogens is 5. The predicted octanol–water partition coefficient (Wildman–Crippen LogP) is 3.03. The molecule has 2 N–H and O–H groups in total. The first kappa shape index (κ1) is 19.3. The Morgan fingerprint density at radius 2 is 2.13 bits per heavy atom. The van der Waals surface area contributed by atoms with Crippen LogP contribution in [0.3, 0.4) is 0 Å². The van der Waals surface area contributed by atoms with E-state index in [0.717, 1.165) is 45.9 Å². The Labute approximate surface area is 178 Å². The maximum Gasteiger partial charge on any atom is 0.354 e. The summed E-state index contributed by atoms with van der Waals surface area (Å²) >= 11 is 0. The monoisotopic (exact) mass is 418 g/mol.